The third kappa shape index (κ3) is 3.10. The normalized spacial score (nSPS) is 35.0. The molecule has 0 spiro atoms. The molecule has 2 heterocycles. The quantitative estimate of drug-likeness (QED) is 0.757. The van der Waals surface area contributed by atoms with Gasteiger partial charge in [-0.05, 0) is 5.56 Å². The van der Waals surface area contributed by atoms with Gasteiger partial charge in [0.2, 0.25) is 0 Å². The zero-order chi connectivity index (χ0) is 14.7. The summed E-state index contributed by atoms with van der Waals surface area (Å²) >= 11 is 5.87. The number of hydrogen-bond acceptors (Lipinski definition) is 4. The minimum absolute atomic E-state index is 0.0129. The summed E-state index contributed by atoms with van der Waals surface area (Å²) in [5.74, 6) is -0.199. The lowest BCUT2D eigenvalue weighted by Crippen LogP contribution is -2.53. The third-order valence-electron chi connectivity index (χ3n) is 4.23. The van der Waals surface area contributed by atoms with Gasteiger partial charge in [0.1, 0.15) is 12.2 Å². The summed E-state index contributed by atoms with van der Waals surface area (Å²) in [7, 11) is 1.68. The zero-order valence-electron chi connectivity index (χ0n) is 12.2. The van der Waals surface area contributed by atoms with E-state index in [4.69, 9.17) is 30.5 Å². The minimum atomic E-state index is -0.687. The van der Waals surface area contributed by atoms with E-state index >= 15 is 0 Å². The summed E-state index contributed by atoms with van der Waals surface area (Å²) < 4.78 is 23.6. The van der Waals surface area contributed by atoms with Gasteiger partial charge in [-0.3, -0.25) is 0 Å². The highest BCUT2D eigenvalue weighted by molar-refractivity contribution is 6.17. The Morgan fingerprint density at radius 2 is 2.14 bits per heavy atom. The lowest BCUT2D eigenvalue weighted by Gasteiger charge is -2.41. The van der Waals surface area contributed by atoms with Crippen molar-refractivity contribution in [1.29, 1.82) is 0 Å². The van der Waals surface area contributed by atoms with E-state index in [1.54, 1.807) is 7.11 Å². The fourth-order valence-electron chi connectivity index (χ4n) is 3.09. The van der Waals surface area contributed by atoms with Crippen LogP contribution in [0.2, 0.25) is 0 Å². The molecule has 0 saturated carbocycles. The Hall–Kier alpha value is -0.650. The van der Waals surface area contributed by atoms with Gasteiger partial charge in [-0.25, -0.2) is 0 Å². The molecule has 0 unspecified atom stereocenters. The van der Waals surface area contributed by atoms with Crippen LogP contribution in [0.5, 0.6) is 0 Å². The van der Waals surface area contributed by atoms with Gasteiger partial charge < -0.3 is 18.9 Å². The molecule has 2 bridgehead atoms. The summed E-state index contributed by atoms with van der Waals surface area (Å²) in [4.78, 5) is 0. The van der Waals surface area contributed by atoms with Gasteiger partial charge in [0.25, 0.3) is 0 Å². The van der Waals surface area contributed by atoms with Crippen molar-refractivity contribution >= 4 is 11.6 Å². The van der Waals surface area contributed by atoms with Crippen LogP contribution in [0.4, 0.5) is 0 Å². The van der Waals surface area contributed by atoms with Crippen LogP contribution >= 0.6 is 11.6 Å². The van der Waals surface area contributed by atoms with Gasteiger partial charge in [0.15, 0.2) is 5.79 Å². The fraction of sp³-hybridized carbons (Fsp3) is 0.625. The van der Waals surface area contributed by atoms with E-state index in [9.17, 15) is 0 Å². The van der Waals surface area contributed by atoms with Gasteiger partial charge in [-0.1, -0.05) is 30.3 Å². The standard InChI is InChI=1S/C16H21ClO4/c1-18-15-9-13(19-10-12-5-3-2-4-6-12)14-11-20-16(15,21-14)7-8-17/h2-6,13-15H,7-11H2,1H3/t13-,14+,15+,16+/m0/s1. The zero-order valence-corrected chi connectivity index (χ0v) is 12.9. The summed E-state index contributed by atoms with van der Waals surface area (Å²) in [5, 5.41) is 0. The highest BCUT2D eigenvalue weighted by Gasteiger charge is 2.55. The number of fused-ring (bicyclic) bond motifs is 2. The van der Waals surface area contributed by atoms with Crippen LogP contribution in [0.1, 0.15) is 18.4 Å². The van der Waals surface area contributed by atoms with Crippen molar-refractivity contribution in [3.63, 3.8) is 0 Å². The molecule has 116 valence electrons. The van der Waals surface area contributed by atoms with Crippen LogP contribution in [0.25, 0.3) is 0 Å². The first-order valence-corrected chi connectivity index (χ1v) is 7.87. The molecule has 0 N–H and O–H groups in total. The molecule has 0 aromatic heterocycles. The van der Waals surface area contributed by atoms with Crippen LogP contribution in [0.15, 0.2) is 30.3 Å². The first-order chi connectivity index (χ1) is 10.3. The highest BCUT2D eigenvalue weighted by atomic mass is 35.5. The number of methoxy groups -OCH3 is 1. The summed E-state index contributed by atoms with van der Waals surface area (Å²) in [5.41, 5.74) is 1.16. The average Bonchev–Trinajstić information content (AvgIpc) is 2.88. The second-order valence-corrected chi connectivity index (χ2v) is 5.89. The molecule has 2 aliphatic heterocycles. The molecule has 5 heteroatoms. The first-order valence-electron chi connectivity index (χ1n) is 7.33. The van der Waals surface area contributed by atoms with Crippen molar-refractivity contribution in [2.75, 3.05) is 19.6 Å². The van der Waals surface area contributed by atoms with E-state index in [-0.39, 0.29) is 18.3 Å². The van der Waals surface area contributed by atoms with E-state index < -0.39 is 5.79 Å². The predicted molar refractivity (Wildman–Crippen MR) is 79.3 cm³/mol. The summed E-state index contributed by atoms with van der Waals surface area (Å²) in [6, 6.07) is 10.1. The van der Waals surface area contributed by atoms with Crippen molar-refractivity contribution < 1.29 is 18.9 Å². The number of rotatable bonds is 6. The SMILES string of the molecule is CO[C@@H]1C[C@H](OCc2ccccc2)[C@H]2CO[C@]1(CCCl)O2. The van der Waals surface area contributed by atoms with Crippen LogP contribution in [0, 0.1) is 0 Å². The number of ether oxygens (including phenoxy) is 4. The largest absolute Gasteiger partial charge is 0.376 e. The summed E-state index contributed by atoms with van der Waals surface area (Å²) in [6.07, 6.45) is 1.21. The Kier molecular flexibility index (Phi) is 4.82. The van der Waals surface area contributed by atoms with Crippen LogP contribution in [-0.4, -0.2) is 43.7 Å². The summed E-state index contributed by atoms with van der Waals surface area (Å²) in [6.45, 7) is 1.11. The van der Waals surface area contributed by atoms with Gasteiger partial charge in [-0.15, -0.1) is 11.6 Å². The Labute approximate surface area is 130 Å². The Morgan fingerprint density at radius 1 is 1.33 bits per heavy atom. The molecule has 0 radical (unpaired) electrons. The molecule has 2 saturated heterocycles. The van der Waals surface area contributed by atoms with Crippen LogP contribution < -0.4 is 0 Å². The molecule has 0 amide bonds. The number of benzene rings is 1. The molecule has 4 nitrogen and oxygen atoms in total. The van der Waals surface area contributed by atoms with Crippen molar-refractivity contribution in [2.45, 2.75) is 43.5 Å². The maximum atomic E-state index is 6.07. The van der Waals surface area contributed by atoms with Crippen LogP contribution in [-0.2, 0) is 25.6 Å². The lowest BCUT2D eigenvalue weighted by molar-refractivity contribution is -0.274. The van der Waals surface area contributed by atoms with E-state index in [0.717, 1.165) is 12.0 Å². The van der Waals surface area contributed by atoms with Crippen molar-refractivity contribution in [1.82, 2.24) is 0 Å². The topological polar surface area (TPSA) is 36.9 Å². The molecule has 0 aliphatic carbocycles. The van der Waals surface area contributed by atoms with E-state index in [1.165, 1.54) is 0 Å². The maximum Gasteiger partial charge on any atom is 0.196 e. The molecule has 2 aliphatic rings. The van der Waals surface area contributed by atoms with E-state index in [0.29, 0.717) is 25.5 Å². The minimum Gasteiger partial charge on any atom is -0.376 e. The van der Waals surface area contributed by atoms with Crippen molar-refractivity contribution in [3.8, 4) is 0 Å². The number of alkyl halides is 1. The lowest BCUT2D eigenvalue weighted by atomic mass is 9.96. The molecular formula is C16H21ClO4. The molecule has 3 rings (SSSR count). The Bertz CT molecular complexity index is 455. The Balaban J connectivity index is 1.64. The Morgan fingerprint density at radius 3 is 2.86 bits per heavy atom. The molecule has 1 aromatic carbocycles. The maximum absolute atomic E-state index is 6.07. The fourth-order valence-corrected chi connectivity index (χ4v) is 3.36. The second-order valence-electron chi connectivity index (χ2n) is 5.51. The number of halogens is 1. The second kappa shape index (κ2) is 6.63. The number of hydrogen-bond donors (Lipinski definition) is 0. The van der Waals surface area contributed by atoms with Gasteiger partial charge in [-0.2, -0.15) is 0 Å². The monoisotopic (exact) mass is 312 g/mol. The molecule has 21 heavy (non-hydrogen) atoms. The molecule has 2 fully saturated rings. The van der Waals surface area contributed by atoms with Crippen molar-refractivity contribution in [2.24, 2.45) is 0 Å². The molecule has 1 aromatic rings. The molecule has 4 atom stereocenters. The van der Waals surface area contributed by atoms with Crippen LogP contribution in [0.3, 0.4) is 0 Å². The molecular weight excluding hydrogens is 292 g/mol. The average molecular weight is 313 g/mol. The smallest absolute Gasteiger partial charge is 0.196 e. The van der Waals surface area contributed by atoms with Gasteiger partial charge in [0.05, 0.1) is 19.3 Å². The van der Waals surface area contributed by atoms with E-state index in [2.05, 4.69) is 12.1 Å². The van der Waals surface area contributed by atoms with E-state index in [1.807, 2.05) is 18.2 Å². The predicted octanol–water partition coefficient (Wildman–Crippen LogP) is 2.73. The first kappa shape index (κ1) is 15.3. The van der Waals surface area contributed by atoms with Crippen molar-refractivity contribution in [3.05, 3.63) is 35.9 Å². The highest BCUT2D eigenvalue weighted by Crippen LogP contribution is 2.41. The van der Waals surface area contributed by atoms with Gasteiger partial charge in [0, 0.05) is 25.8 Å². The third-order valence-corrected chi connectivity index (χ3v) is 4.42. The van der Waals surface area contributed by atoms with Gasteiger partial charge >= 0.3 is 0 Å².